The quantitative estimate of drug-likeness (QED) is 0.128. The predicted octanol–water partition coefficient (Wildman–Crippen LogP) is 6.11. The Labute approximate surface area is 273 Å². The maximum absolute atomic E-state index is 6.66. The second-order valence-corrected chi connectivity index (χ2v) is 11.6. The summed E-state index contributed by atoms with van der Waals surface area (Å²) in [6.45, 7) is 5.34. The Hall–Kier alpha value is -3.66. The monoisotopic (exact) mass is 628 g/mol. The molecule has 0 spiro atoms. The average Bonchev–Trinajstić information content (AvgIpc) is 3.10. The van der Waals surface area contributed by atoms with Crippen LogP contribution in [0.2, 0.25) is 0 Å². The normalized spacial score (nSPS) is 18.0. The summed E-state index contributed by atoms with van der Waals surface area (Å²) < 4.78 is 36.1. The van der Waals surface area contributed by atoms with E-state index in [0.717, 1.165) is 71.6 Å². The molecule has 4 aromatic carbocycles. The number of ether oxygens (including phenoxy) is 6. The molecule has 1 fully saturated rings. The lowest BCUT2D eigenvalue weighted by Crippen LogP contribution is -2.50. The van der Waals surface area contributed by atoms with Crippen LogP contribution in [0.5, 0.6) is 17.2 Å². The molecule has 0 radical (unpaired) electrons. The van der Waals surface area contributed by atoms with Crippen LogP contribution >= 0.6 is 0 Å². The van der Waals surface area contributed by atoms with Crippen molar-refractivity contribution in [2.75, 3.05) is 60.7 Å². The van der Waals surface area contributed by atoms with Gasteiger partial charge in [-0.05, 0) is 66.9 Å². The van der Waals surface area contributed by atoms with Crippen molar-refractivity contribution in [3.05, 3.63) is 102 Å². The number of hydrogen-bond acceptors (Lipinski definition) is 8. The third kappa shape index (κ3) is 9.21. The van der Waals surface area contributed by atoms with Crippen LogP contribution in [0.15, 0.2) is 84.9 Å². The van der Waals surface area contributed by atoms with Crippen LogP contribution in [-0.2, 0) is 27.4 Å². The van der Waals surface area contributed by atoms with E-state index >= 15 is 0 Å². The number of piperidine rings is 1. The smallest absolute Gasteiger partial charge is 0.127 e. The van der Waals surface area contributed by atoms with Crippen LogP contribution < -0.4 is 24.8 Å². The molecule has 246 valence electrons. The molecule has 0 aliphatic carbocycles. The van der Waals surface area contributed by atoms with E-state index in [1.54, 1.807) is 14.2 Å². The van der Waals surface area contributed by atoms with Gasteiger partial charge in [0.1, 0.15) is 17.2 Å². The minimum Gasteiger partial charge on any atom is -0.496 e. The maximum atomic E-state index is 6.66. The van der Waals surface area contributed by atoms with Crippen molar-refractivity contribution in [2.45, 2.75) is 44.2 Å². The Morgan fingerprint density at radius 2 is 1.50 bits per heavy atom. The van der Waals surface area contributed by atoms with E-state index in [9.17, 15) is 0 Å². The Kier molecular flexibility index (Phi) is 13.1. The van der Waals surface area contributed by atoms with Gasteiger partial charge < -0.3 is 39.1 Å². The van der Waals surface area contributed by atoms with Crippen LogP contribution in [0, 0.1) is 0 Å². The molecule has 0 saturated carbocycles. The molecule has 3 atom stereocenters. The van der Waals surface area contributed by atoms with E-state index in [1.807, 2.05) is 43.4 Å². The van der Waals surface area contributed by atoms with Gasteiger partial charge in [-0.1, -0.05) is 54.6 Å². The first-order chi connectivity index (χ1) is 22.7. The predicted molar refractivity (Wildman–Crippen MR) is 182 cm³/mol. The highest BCUT2D eigenvalue weighted by atomic mass is 16.5. The highest BCUT2D eigenvalue weighted by molar-refractivity contribution is 5.89. The zero-order chi connectivity index (χ0) is 32.0. The molecule has 8 nitrogen and oxygen atoms in total. The molecule has 8 heteroatoms. The molecule has 0 unspecified atom stereocenters. The molecule has 1 aliphatic rings. The number of benzene rings is 4. The molecule has 1 heterocycles. The number of fused-ring (bicyclic) bond motifs is 1. The SMILES string of the molecule is CNCCCO[C@@H]1CNC[C@H](OCc2cc(OC)c3ccccc3c2)[C@@H]1c1ccc(OCCCOCc2ccccc2OC)cc1. The van der Waals surface area contributed by atoms with Gasteiger partial charge in [0, 0.05) is 43.0 Å². The van der Waals surface area contributed by atoms with Gasteiger partial charge in [0.25, 0.3) is 0 Å². The summed E-state index contributed by atoms with van der Waals surface area (Å²) in [5.74, 6) is 2.63. The van der Waals surface area contributed by atoms with Gasteiger partial charge in [0.2, 0.25) is 0 Å². The first-order valence-electron chi connectivity index (χ1n) is 16.3. The summed E-state index contributed by atoms with van der Waals surface area (Å²) >= 11 is 0. The van der Waals surface area contributed by atoms with Crippen molar-refractivity contribution in [2.24, 2.45) is 0 Å². The van der Waals surface area contributed by atoms with Gasteiger partial charge in [0.15, 0.2) is 0 Å². The Bertz CT molecular complexity index is 1480. The lowest BCUT2D eigenvalue weighted by molar-refractivity contribution is -0.0601. The number of methoxy groups -OCH3 is 2. The maximum Gasteiger partial charge on any atom is 0.127 e. The molecule has 0 amide bonds. The zero-order valence-electron chi connectivity index (χ0n) is 27.3. The third-order valence-corrected chi connectivity index (χ3v) is 8.38. The molecule has 1 aliphatic heterocycles. The number of nitrogens with one attached hydrogen (secondary N) is 2. The number of rotatable bonds is 18. The van der Waals surface area contributed by atoms with Crippen LogP contribution in [0.3, 0.4) is 0 Å². The molecule has 0 bridgehead atoms. The van der Waals surface area contributed by atoms with Crippen LogP contribution in [-0.4, -0.2) is 72.9 Å². The topological polar surface area (TPSA) is 79.4 Å². The van der Waals surface area contributed by atoms with Crippen LogP contribution in [0.4, 0.5) is 0 Å². The van der Waals surface area contributed by atoms with Crippen molar-refractivity contribution in [1.29, 1.82) is 0 Å². The van der Waals surface area contributed by atoms with Crippen molar-refractivity contribution < 1.29 is 28.4 Å². The average molecular weight is 629 g/mol. The second-order valence-electron chi connectivity index (χ2n) is 11.6. The van der Waals surface area contributed by atoms with Gasteiger partial charge >= 0.3 is 0 Å². The molecule has 4 aromatic rings. The first kappa shape index (κ1) is 33.7. The minimum absolute atomic E-state index is 0.00565. The van der Waals surface area contributed by atoms with Crippen LogP contribution in [0.1, 0.15) is 35.4 Å². The van der Waals surface area contributed by atoms with Gasteiger partial charge in [0.05, 0.1) is 52.9 Å². The Balaban J connectivity index is 1.19. The minimum atomic E-state index is -0.0623. The summed E-state index contributed by atoms with van der Waals surface area (Å²) in [6, 6.07) is 28.9. The van der Waals surface area contributed by atoms with Crippen molar-refractivity contribution >= 4 is 10.8 Å². The van der Waals surface area contributed by atoms with Crippen molar-refractivity contribution in [3.8, 4) is 17.2 Å². The van der Waals surface area contributed by atoms with E-state index in [2.05, 4.69) is 59.2 Å². The van der Waals surface area contributed by atoms with Crippen molar-refractivity contribution in [1.82, 2.24) is 10.6 Å². The standard InChI is InChI=1S/C38H48N2O6/c1-39-18-8-20-45-36-24-40-25-37(46-26-28-22-30-10-4-6-12-33(30)35(23-28)42-3)38(36)29-14-16-32(17-15-29)44-21-9-19-43-27-31-11-5-7-13-34(31)41-2/h4-7,10-17,22-23,36-40H,8-9,18-21,24-27H2,1-3H3/t36-,37+,38-/m1/s1. The lowest BCUT2D eigenvalue weighted by Gasteiger charge is -2.39. The molecule has 46 heavy (non-hydrogen) atoms. The third-order valence-electron chi connectivity index (χ3n) is 8.38. The van der Waals surface area contributed by atoms with Crippen molar-refractivity contribution in [3.63, 3.8) is 0 Å². The fraction of sp³-hybridized carbons (Fsp3) is 0.421. The van der Waals surface area contributed by atoms with Gasteiger partial charge in [-0.3, -0.25) is 0 Å². The summed E-state index contributed by atoms with van der Waals surface area (Å²) in [7, 11) is 5.36. The molecule has 0 aromatic heterocycles. The van der Waals surface area contributed by atoms with E-state index in [-0.39, 0.29) is 18.1 Å². The molecule has 5 rings (SSSR count). The second kappa shape index (κ2) is 17.9. The summed E-state index contributed by atoms with van der Waals surface area (Å²) in [6.07, 6.45) is 1.68. The molecular weight excluding hydrogens is 580 g/mol. The summed E-state index contributed by atoms with van der Waals surface area (Å²) in [5.41, 5.74) is 3.32. The Morgan fingerprint density at radius 3 is 2.30 bits per heavy atom. The van der Waals surface area contributed by atoms with E-state index < -0.39 is 0 Å². The zero-order valence-corrected chi connectivity index (χ0v) is 27.3. The molecule has 1 saturated heterocycles. The summed E-state index contributed by atoms with van der Waals surface area (Å²) in [5, 5.41) is 9.00. The highest BCUT2D eigenvalue weighted by Crippen LogP contribution is 2.33. The lowest BCUT2D eigenvalue weighted by atomic mass is 9.85. The number of para-hydroxylation sites is 1. The van der Waals surface area contributed by atoms with Gasteiger partial charge in [-0.15, -0.1) is 0 Å². The van der Waals surface area contributed by atoms with Crippen LogP contribution in [0.25, 0.3) is 10.8 Å². The fourth-order valence-corrected chi connectivity index (χ4v) is 6.03. The van der Waals surface area contributed by atoms with E-state index in [0.29, 0.717) is 33.0 Å². The van der Waals surface area contributed by atoms with Gasteiger partial charge in [-0.2, -0.15) is 0 Å². The number of hydrogen-bond donors (Lipinski definition) is 2. The highest BCUT2D eigenvalue weighted by Gasteiger charge is 2.36. The van der Waals surface area contributed by atoms with Gasteiger partial charge in [-0.25, -0.2) is 0 Å². The largest absolute Gasteiger partial charge is 0.496 e. The Morgan fingerprint density at radius 1 is 0.739 bits per heavy atom. The molecular formula is C38H48N2O6. The summed E-state index contributed by atoms with van der Waals surface area (Å²) in [4.78, 5) is 0. The van der Waals surface area contributed by atoms with E-state index in [1.165, 1.54) is 5.56 Å². The molecule has 2 N–H and O–H groups in total. The fourth-order valence-electron chi connectivity index (χ4n) is 6.03. The first-order valence-corrected chi connectivity index (χ1v) is 16.3. The van der Waals surface area contributed by atoms with E-state index in [4.69, 9.17) is 28.4 Å².